The number of benzene rings is 1. The summed E-state index contributed by atoms with van der Waals surface area (Å²) in [6, 6.07) is 5.46. The molecule has 1 heterocycles. The van der Waals surface area contributed by atoms with Crippen LogP contribution in [-0.2, 0) is 13.5 Å². The molecule has 0 aliphatic heterocycles. The van der Waals surface area contributed by atoms with Crippen molar-refractivity contribution in [1.29, 1.82) is 0 Å². The number of methoxy groups -OCH3 is 1. The Morgan fingerprint density at radius 2 is 2.10 bits per heavy atom. The third-order valence-electron chi connectivity index (χ3n) is 3.35. The topological polar surface area (TPSA) is 64.3 Å². The number of rotatable bonds is 3. The minimum atomic E-state index is -0.312. The molecular formula is C15H18N2O3. The average molecular weight is 274 g/mol. The van der Waals surface area contributed by atoms with Crippen LogP contribution in [-0.4, -0.2) is 22.0 Å². The lowest BCUT2D eigenvalue weighted by Crippen LogP contribution is -2.22. The monoisotopic (exact) mass is 274 g/mol. The molecule has 0 bridgehead atoms. The smallest absolute Gasteiger partial charge is 0.278 e. The van der Waals surface area contributed by atoms with Crippen LogP contribution in [0.1, 0.15) is 18.2 Å². The number of aryl methyl sites for hydroxylation is 3. The molecule has 20 heavy (non-hydrogen) atoms. The van der Waals surface area contributed by atoms with Gasteiger partial charge in [0.1, 0.15) is 11.4 Å². The molecule has 0 saturated heterocycles. The molecule has 0 atom stereocenters. The van der Waals surface area contributed by atoms with Gasteiger partial charge in [0.25, 0.3) is 5.56 Å². The molecule has 0 saturated carbocycles. The van der Waals surface area contributed by atoms with Crippen LogP contribution in [0, 0.1) is 6.92 Å². The first kappa shape index (κ1) is 14.1. The number of nitrogens with zero attached hydrogens (tertiary/aromatic N) is 2. The van der Waals surface area contributed by atoms with Gasteiger partial charge in [-0.2, -0.15) is 5.10 Å². The molecule has 5 heteroatoms. The molecule has 0 radical (unpaired) electrons. The van der Waals surface area contributed by atoms with Crippen LogP contribution < -0.4 is 10.3 Å². The van der Waals surface area contributed by atoms with Gasteiger partial charge in [0.15, 0.2) is 5.75 Å². The van der Waals surface area contributed by atoms with E-state index in [-0.39, 0.29) is 11.3 Å². The first-order valence-electron chi connectivity index (χ1n) is 6.43. The van der Waals surface area contributed by atoms with Crippen molar-refractivity contribution < 1.29 is 9.84 Å². The predicted molar refractivity (Wildman–Crippen MR) is 77.2 cm³/mol. The molecule has 1 aromatic carbocycles. The summed E-state index contributed by atoms with van der Waals surface area (Å²) in [6.45, 7) is 3.67. The molecule has 2 aromatic rings. The van der Waals surface area contributed by atoms with E-state index in [0.29, 0.717) is 11.3 Å². The van der Waals surface area contributed by atoms with E-state index >= 15 is 0 Å². The zero-order valence-electron chi connectivity index (χ0n) is 12.1. The van der Waals surface area contributed by atoms with E-state index in [4.69, 9.17) is 4.74 Å². The Morgan fingerprint density at radius 3 is 2.70 bits per heavy atom. The Kier molecular flexibility index (Phi) is 3.79. The van der Waals surface area contributed by atoms with Crippen LogP contribution >= 0.6 is 0 Å². The van der Waals surface area contributed by atoms with Crippen LogP contribution in [0.15, 0.2) is 23.0 Å². The summed E-state index contributed by atoms with van der Waals surface area (Å²) >= 11 is 0. The third kappa shape index (κ3) is 2.27. The highest BCUT2D eigenvalue weighted by molar-refractivity contribution is 5.73. The minimum absolute atomic E-state index is 0.0621. The maximum atomic E-state index is 12.3. The fourth-order valence-electron chi connectivity index (χ4n) is 2.24. The Balaban J connectivity index is 2.78. The summed E-state index contributed by atoms with van der Waals surface area (Å²) in [5, 5.41) is 14.2. The highest BCUT2D eigenvalue weighted by Gasteiger charge is 2.17. The second kappa shape index (κ2) is 5.36. The molecule has 106 valence electrons. The highest BCUT2D eigenvalue weighted by Crippen LogP contribution is 2.32. The predicted octanol–water partition coefficient (Wildman–Crippen LogP) is 2.03. The summed E-state index contributed by atoms with van der Waals surface area (Å²) in [5.74, 6) is 0.667. The minimum Gasteiger partial charge on any atom is -0.505 e. The van der Waals surface area contributed by atoms with Crippen LogP contribution in [0.4, 0.5) is 0 Å². The lowest BCUT2D eigenvalue weighted by atomic mass is 9.98. The Morgan fingerprint density at radius 1 is 1.40 bits per heavy atom. The molecule has 0 amide bonds. The van der Waals surface area contributed by atoms with E-state index in [9.17, 15) is 9.90 Å². The molecule has 0 aliphatic carbocycles. The average Bonchev–Trinajstić information content (AvgIpc) is 2.45. The Hall–Kier alpha value is -2.30. The van der Waals surface area contributed by atoms with Gasteiger partial charge in [-0.25, -0.2) is 4.68 Å². The van der Waals surface area contributed by atoms with Crippen molar-refractivity contribution in [2.24, 2.45) is 7.05 Å². The summed E-state index contributed by atoms with van der Waals surface area (Å²) in [6.07, 6.45) is 0.733. The van der Waals surface area contributed by atoms with Gasteiger partial charge >= 0.3 is 0 Å². The van der Waals surface area contributed by atoms with E-state index in [2.05, 4.69) is 5.10 Å². The zero-order chi connectivity index (χ0) is 14.9. The second-order valence-electron chi connectivity index (χ2n) is 4.61. The second-order valence-corrected chi connectivity index (χ2v) is 4.61. The SMILES string of the molecule is CCc1cc(OC)ccc1-c1c(O)c(C)nn(C)c1=O. The van der Waals surface area contributed by atoms with Crippen molar-refractivity contribution in [3.63, 3.8) is 0 Å². The number of ether oxygens (including phenoxy) is 1. The molecule has 5 nitrogen and oxygen atoms in total. The number of aromatic hydroxyl groups is 1. The summed E-state index contributed by atoms with van der Waals surface area (Å²) in [7, 11) is 3.18. The van der Waals surface area contributed by atoms with Gasteiger partial charge in [-0.15, -0.1) is 0 Å². The molecule has 0 spiro atoms. The van der Waals surface area contributed by atoms with Crippen molar-refractivity contribution in [2.75, 3.05) is 7.11 Å². The fourth-order valence-corrected chi connectivity index (χ4v) is 2.24. The zero-order valence-corrected chi connectivity index (χ0v) is 12.1. The van der Waals surface area contributed by atoms with Crippen LogP contribution in [0.2, 0.25) is 0 Å². The normalized spacial score (nSPS) is 10.6. The van der Waals surface area contributed by atoms with Crippen molar-refractivity contribution in [3.05, 3.63) is 39.8 Å². The number of hydrogen-bond donors (Lipinski definition) is 1. The van der Waals surface area contributed by atoms with Gasteiger partial charge in [-0.05, 0) is 36.6 Å². The third-order valence-corrected chi connectivity index (χ3v) is 3.35. The Bertz CT molecular complexity index is 705. The van der Waals surface area contributed by atoms with Gasteiger partial charge in [0.05, 0.1) is 12.7 Å². The van der Waals surface area contributed by atoms with E-state index < -0.39 is 0 Å². The van der Waals surface area contributed by atoms with Gasteiger partial charge in [0, 0.05) is 7.05 Å². The molecular weight excluding hydrogens is 256 g/mol. The molecule has 0 unspecified atom stereocenters. The number of hydrogen-bond acceptors (Lipinski definition) is 4. The standard InChI is InChI=1S/C15H18N2O3/c1-5-10-8-11(20-4)6-7-12(10)13-14(18)9(2)16-17(3)15(13)19/h6-8,18H,5H2,1-4H3. The molecule has 0 fully saturated rings. The summed E-state index contributed by atoms with van der Waals surface area (Å²) in [4.78, 5) is 12.3. The quantitative estimate of drug-likeness (QED) is 0.930. The first-order chi connectivity index (χ1) is 9.49. The largest absolute Gasteiger partial charge is 0.505 e. The van der Waals surface area contributed by atoms with Gasteiger partial charge in [-0.3, -0.25) is 4.79 Å². The van der Waals surface area contributed by atoms with Crippen molar-refractivity contribution in [2.45, 2.75) is 20.3 Å². The van der Waals surface area contributed by atoms with Gasteiger partial charge < -0.3 is 9.84 Å². The Labute approximate surface area is 117 Å². The lowest BCUT2D eigenvalue weighted by Gasteiger charge is -2.13. The molecule has 1 aromatic heterocycles. The van der Waals surface area contributed by atoms with Crippen molar-refractivity contribution in [1.82, 2.24) is 9.78 Å². The van der Waals surface area contributed by atoms with Gasteiger partial charge in [0.2, 0.25) is 0 Å². The highest BCUT2D eigenvalue weighted by atomic mass is 16.5. The molecule has 0 aliphatic rings. The lowest BCUT2D eigenvalue weighted by molar-refractivity contribution is 0.414. The van der Waals surface area contributed by atoms with E-state index in [1.54, 1.807) is 33.2 Å². The maximum absolute atomic E-state index is 12.3. The van der Waals surface area contributed by atoms with Crippen LogP contribution in [0.3, 0.4) is 0 Å². The molecule has 2 rings (SSSR count). The van der Waals surface area contributed by atoms with Crippen molar-refractivity contribution >= 4 is 0 Å². The fraction of sp³-hybridized carbons (Fsp3) is 0.333. The summed E-state index contributed by atoms with van der Waals surface area (Å²) in [5.41, 5.74) is 2.08. The van der Waals surface area contributed by atoms with E-state index in [1.165, 1.54) is 4.68 Å². The van der Waals surface area contributed by atoms with Gasteiger partial charge in [-0.1, -0.05) is 13.0 Å². The number of aromatic nitrogens is 2. The first-order valence-corrected chi connectivity index (χ1v) is 6.43. The molecule has 1 N–H and O–H groups in total. The van der Waals surface area contributed by atoms with E-state index in [0.717, 1.165) is 23.3 Å². The van der Waals surface area contributed by atoms with Crippen LogP contribution in [0.25, 0.3) is 11.1 Å². The van der Waals surface area contributed by atoms with Crippen LogP contribution in [0.5, 0.6) is 11.5 Å². The maximum Gasteiger partial charge on any atom is 0.278 e. The van der Waals surface area contributed by atoms with E-state index in [1.807, 2.05) is 13.0 Å². The van der Waals surface area contributed by atoms with Crippen molar-refractivity contribution in [3.8, 4) is 22.6 Å². The summed E-state index contributed by atoms with van der Waals surface area (Å²) < 4.78 is 6.44.